The summed E-state index contributed by atoms with van der Waals surface area (Å²) in [6.45, 7) is 2.63. The molecule has 1 nitrogen and oxygen atoms in total. The highest BCUT2D eigenvalue weighted by molar-refractivity contribution is 5.27. The van der Waals surface area contributed by atoms with E-state index in [4.69, 9.17) is 0 Å². The van der Waals surface area contributed by atoms with Crippen LogP contribution in [0.2, 0.25) is 0 Å². The van der Waals surface area contributed by atoms with Crippen molar-refractivity contribution in [2.75, 3.05) is 13.1 Å². The van der Waals surface area contributed by atoms with Crippen molar-refractivity contribution in [3.8, 4) is 0 Å². The van der Waals surface area contributed by atoms with Crippen molar-refractivity contribution in [2.24, 2.45) is 5.92 Å². The van der Waals surface area contributed by atoms with Gasteiger partial charge in [0.25, 0.3) is 0 Å². The lowest BCUT2D eigenvalue weighted by Gasteiger charge is -1.97. The molecular weight excluding hydrogens is 122 g/mol. The number of hydrogen-bond acceptors (Lipinski definition) is 1. The molecule has 0 N–H and O–H groups in total. The molecule has 1 aliphatic carbocycles. The molecule has 0 spiro atoms. The molecule has 10 heavy (non-hydrogen) atoms. The van der Waals surface area contributed by atoms with E-state index in [-0.39, 0.29) is 0 Å². The zero-order valence-electron chi connectivity index (χ0n) is 6.21. The second-order valence-electron chi connectivity index (χ2n) is 3.90. The van der Waals surface area contributed by atoms with E-state index >= 15 is 0 Å². The third-order valence-electron chi connectivity index (χ3n) is 2.95. The fourth-order valence-electron chi connectivity index (χ4n) is 1.97. The molecule has 0 aromatic carbocycles. The van der Waals surface area contributed by atoms with Crippen LogP contribution in [0.15, 0.2) is 11.6 Å². The third kappa shape index (κ3) is 0.734. The molecule has 3 aliphatic rings. The zero-order valence-corrected chi connectivity index (χ0v) is 6.21. The summed E-state index contributed by atoms with van der Waals surface area (Å²) in [6, 6.07) is 0.917. The van der Waals surface area contributed by atoms with Gasteiger partial charge in [-0.3, -0.25) is 4.90 Å². The number of hydrogen-bond donors (Lipinski definition) is 0. The van der Waals surface area contributed by atoms with Gasteiger partial charge in [-0.2, -0.15) is 0 Å². The molecule has 2 fully saturated rings. The minimum Gasteiger partial charge on any atom is -0.290 e. The lowest BCUT2D eigenvalue weighted by Crippen LogP contribution is -1.93. The van der Waals surface area contributed by atoms with Gasteiger partial charge in [0.15, 0.2) is 0 Å². The van der Waals surface area contributed by atoms with E-state index < -0.39 is 0 Å². The van der Waals surface area contributed by atoms with Gasteiger partial charge < -0.3 is 0 Å². The quantitative estimate of drug-likeness (QED) is 0.408. The number of fused-ring (bicyclic) bond motifs is 1. The van der Waals surface area contributed by atoms with Crippen molar-refractivity contribution in [2.45, 2.75) is 25.3 Å². The largest absolute Gasteiger partial charge is 0.290 e. The van der Waals surface area contributed by atoms with Crippen LogP contribution < -0.4 is 0 Å². The van der Waals surface area contributed by atoms with Crippen molar-refractivity contribution in [3.63, 3.8) is 0 Å². The lowest BCUT2D eigenvalue weighted by atomic mass is 10.1. The standard InChI is InChI=1S/C9H13N/c1-2-7(1)5-8-3-4-10-6-9(8)10/h3,7,9H,1-2,4-6H2. The van der Waals surface area contributed by atoms with E-state index in [0.717, 1.165) is 12.0 Å². The normalized spacial score (nSPS) is 43.0. The number of rotatable bonds is 2. The summed E-state index contributed by atoms with van der Waals surface area (Å²) in [4.78, 5) is 2.54. The predicted molar refractivity (Wildman–Crippen MR) is 40.8 cm³/mol. The first kappa shape index (κ1) is 5.36. The molecule has 3 rings (SSSR count). The van der Waals surface area contributed by atoms with Crippen molar-refractivity contribution in [1.29, 1.82) is 0 Å². The fourth-order valence-corrected chi connectivity index (χ4v) is 1.97. The van der Waals surface area contributed by atoms with Crippen molar-refractivity contribution < 1.29 is 0 Å². The molecule has 0 radical (unpaired) electrons. The second-order valence-corrected chi connectivity index (χ2v) is 3.90. The van der Waals surface area contributed by atoms with Gasteiger partial charge in [-0.25, -0.2) is 0 Å². The zero-order chi connectivity index (χ0) is 6.55. The molecule has 54 valence electrons. The van der Waals surface area contributed by atoms with Crippen LogP contribution in [0.3, 0.4) is 0 Å². The van der Waals surface area contributed by atoms with Crippen molar-refractivity contribution in [1.82, 2.24) is 4.90 Å². The van der Waals surface area contributed by atoms with E-state index in [2.05, 4.69) is 11.0 Å². The van der Waals surface area contributed by atoms with Crippen molar-refractivity contribution >= 4 is 0 Å². The van der Waals surface area contributed by atoms with Gasteiger partial charge in [0.2, 0.25) is 0 Å². The monoisotopic (exact) mass is 135 g/mol. The maximum atomic E-state index is 2.54. The van der Waals surface area contributed by atoms with Gasteiger partial charge >= 0.3 is 0 Å². The van der Waals surface area contributed by atoms with E-state index in [1.807, 2.05) is 0 Å². The highest BCUT2D eigenvalue weighted by atomic mass is 15.3. The predicted octanol–water partition coefficient (Wildman–Crippen LogP) is 1.41. The minimum absolute atomic E-state index is 0.917. The van der Waals surface area contributed by atoms with Gasteiger partial charge in [-0.05, 0) is 25.2 Å². The minimum atomic E-state index is 0.917. The van der Waals surface area contributed by atoms with Crippen LogP contribution >= 0.6 is 0 Å². The van der Waals surface area contributed by atoms with E-state index in [0.29, 0.717) is 0 Å². The average Bonchev–Trinajstić information content (AvgIpc) is 2.74. The van der Waals surface area contributed by atoms with Crippen LogP contribution in [0.4, 0.5) is 0 Å². The molecule has 0 aromatic rings. The number of nitrogens with zero attached hydrogens (tertiary/aromatic N) is 1. The fraction of sp³-hybridized carbons (Fsp3) is 0.778. The Morgan fingerprint density at radius 3 is 2.90 bits per heavy atom. The van der Waals surface area contributed by atoms with Crippen LogP contribution in [0.25, 0.3) is 0 Å². The summed E-state index contributed by atoms with van der Waals surface area (Å²) in [5.74, 6) is 1.09. The maximum absolute atomic E-state index is 2.54. The molecule has 2 atom stereocenters. The summed E-state index contributed by atoms with van der Waals surface area (Å²) < 4.78 is 0. The van der Waals surface area contributed by atoms with Crippen LogP contribution in [-0.4, -0.2) is 24.0 Å². The van der Waals surface area contributed by atoms with Gasteiger partial charge in [-0.15, -0.1) is 0 Å². The highest BCUT2D eigenvalue weighted by Gasteiger charge is 2.41. The summed E-state index contributed by atoms with van der Waals surface area (Å²) >= 11 is 0. The summed E-state index contributed by atoms with van der Waals surface area (Å²) in [6.07, 6.45) is 6.89. The van der Waals surface area contributed by atoms with E-state index in [1.165, 1.54) is 32.4 Å². The Kier molecular flexibility index (Phi) is 0.883. The Labute approximate surface area is 61.7 Å². The molecule has 0 amide bonds. The Hall–Kier alpha value is -0.300. The Balaban J connectivity index is 1.68. The van der Waals surface area contributed by atoms with Crippen molar-refractivity contribution in [3.05, 3.63) is 11.6 Å². The van der Waals surface area contributed by atoms with Crippen LogP contribution in [-0.2, 0) is 0 Å². The third-order valence-corrected chi connectivity index (χ3v) is 2.95. The smallest absolute Gasteiger partial charge is 0.0440 e. The van der Waals surface area contributed by atoms with Gasteiger partial charge in [0, 0.05) is 19.1 Å². The highest BCUT2D eigenvalue weighted by Crippen LogP contribution is 2.41. The summed E-state index contributed by atoms with van der Waals surface area (Å²) in [7, 11) is 0. The van der Waals surface area contributed by atoms with E-state index in [1.54, 1.807) is 5.57 Å². The first-order valence-corrected chi connectivity index (χ1v) is 4.36. The average molecular weight is 135 g/mol. The van der Waals surface area contributed by atoms with E-state index in [9.17, 15) is 0 Å². The maximum Gasteiger partial charge on any atom is 0.0440 e. The second kappa shape index (κ2) is 1.65. The van der Waals surface area contributed by atoms with Gasteiger partial charge in [0.1, 0.15) is 0 Å². The van der Waals surface area contributed by atoms with Crippen LogP contribution in [0.1, 0.15) is 19.3 Å². The molecule has 1 saturated heterocycles. The molecule has 2 unspecified atom stereocenters. The Morgan fingerprint density at radius 1 is 1.50 bits per heavy atom. The molecule has 2 heterocycles. The van der Waals surface area contributed by atoms with Gasteiger partial charge in [-0.1, -0.05) is 11.6 Å². The molecule has 2 aliphatic heterocycles. The van der Waals surface area contributed by atoms with Crippen LogP contribution in [0, 0.1) is 5.92 Å². The molecule has 0 bridgehead atoms. The summed E-state index contributed by atoms with van der Waals surface area (Å²) in [5.41, 5.74) is 1.77. The summed E-state index contributed by atoms with van der Waals surface area (Å²) in [5, 5.41) is 0. The Bertz CT molecular complexity index is 191. The van der Waals surface area contributed by atoms with Crippen LogP contribution in [0.5, 0.6) is 0 Å². The first-order valence-electron chi connectivity index (χ1n) is 4.36. The van der Waals surface area contributed by atoms with Gasteiger partial charge in [0.05, 0.1) is 0 Å². The lowest BCUT2D eigenvalue weighted by molar-refractivity contribution is 0.612. The first-order chi connectivity index (χ1) is 4.93. The molecular formula is C9H13N. The topological polar surface area (TPSA) is 3.01 Å². The SMILES string of the molecule is C1=C(CC2CC2)C2CN2C1. The molecule has 1 heteroatoms. The molecule has 0 aromatic heterocycles. The molecule has 1 saturated carbocycles. The Morgan fingerprint density at radius 2 is 2.40 bits per heavy atom.